The van der Waals surface area contributed by atoms with E-state index in [1.165, 1.54) is 25.1 Å². The van der Waals surface area contributed by atoms with Crippen molar-refractivity contribution in [2.24, 2.45) is 0 Å². The van der Waals surface area contributed by atoms with Crippen LogP contribution >= 0.6 is 23.2 Å². The predicted octanol–water partition coefficient (Wildman–Crippen LogP) is 7.19. The summed E-state index contributed by atoms with van der Waals surface area (Å²) in [5.41, 5.74) is -0.293. The molecule has 10 heteroatoms. The molecule has 1 aliphatic rings. The van der Waals surface area contributed by atoms with Gasteiger partial charge in [0.1, 0.15) is 18.1 Å². The number of halogens is 7. The number of Topliss-reactive ketones (excluding diaryl/α,β-unsaturated/α-hetero) is 1. The minimum atomic E-state index is -2.26. The van der Waals surface area contributed by atoms with Gasteiger partial charge >= 0.3 is 0 Å². The Bertz CT molecular complexity index is 1310. The van der Waals surface area contributed by atoms with Crippen LogP contribution in [0.4, 0.5) is 22.0 Å². The predicted molar refractivity (Wildman–Crippen MR) is 111 cm³/mol. The van der Waals surface area contributed by atoms with Crippen molar-refractivity contribution in [3.8, 4) is 11.5 Å². The number of ether oxygens (including phenoxy) is 2. The fraction of sp³-hybridized carbons (Fsp3) is 0.0870. The maximum atomic E-state index is 13.9. The second kappa shape index (κ2) is 8.68. The molecule has 33 heavy (non-hydrogen) atoms. The Morgan fingerprint density at radius 3 is 2.09 bits per heavy atom. The van der Waals surface area contributed by atoms with Crippen molar-refractivity contribution in [1.29, 1.82) is 0 Å². The van der Waals surface area contributed by atoms with Crippen LogP contribution in [0.5, 0.6) is 11.5 Å². The number of hydrogen-bond acceptors (Lipinski definition) is 3. The van der Waals surface area contributed by atoms with Crippen molar-refractivity contribution < 1.29 is 36.2 Å². The van der Waals surface area contributed by atoms with Gasteiger partial charge in [-0.3, -0.25) is 4.79 Å². The van der Waals surface area contributed by atoms with E-state index >= 15 is 0 Å². The van der Waals surface area contributed by atoms with Gasteiger partial charge in [0.25, 0.3) is 0 Å². The molecule has 0 saturated heterocycles. The third-order valence-electron chi connectivity index (χ3n) is 4.98. The summed E-state index contributed by atoms with van der Waals surface area (Å²) >= 11 is 12.3. The van der Waals surface area contributed by atoms with E-state index < -0.39 is 47.0 Å². The smallest absolute Gasteiger partial charge is 0.231 e. The fourth-order valence-corrected chi connectivity index (χ4v) is 3.74. The van der Waals surface area contributed by atoms with E-state index in [2.05, 4.69) is 0 Å². The number of fused-ring (bicyclic) bond motifs is 1. The van der Waals surface area contributed by atoms with Gasteiger partial charge < -0.3 is 9.47 Å². The summed E-state index contributed by atoms with van der Waals surface area (Å²) in [5.74, 6) is -10.8. The summed E-state index contributed by atoms with van der Waals surface area (Å²) in [7, 11) is 0. The molecule has 1 aliphatic heterocycles. The summed E-state index contributed by atoms with van der Waals surface area (Å²) in [5, 5.41) is 0.594. The third-order valence-corrected chi connectivity index (χ3v) is 5.64. The highest BCUT2D eigenvalue weighted by molar-refractivity contribution is 6.37. The van der Waals surface area contributed by atoms with E-state index in [9.17, 15) is 26.7 Å². The monoisotopic (exact) mass is 500 g/mol. The molecule has 3 nitrogen and oxygen atoms in total. The third kappa shape index (κ3) is 3.94. The minimum absolute atomic E-state index is 0.0162. The van der Waals surface area contributed by atoms with Crippen LogP contribution in [0.15, 0.2) is 36.1 Å². The zero-order valence-electron chi connectivity index (χ0n) is 16.5. The Morgan fingerprint density at radius 2 is 1.48 bits per heavy atom. The lowest BCUT2D eigenvalue weighted by molar-refractivity contribution is 0.101. The minimum Gasteiger partial charge on any atom is -0.488 e. The van der Waals surface area contributed by atoms with Crippen LogP contribution in [0.25, 0.3) is 6.08 Å². The van der Waals surface area contributed by atoms with E-state index in [1.54, 1.807) is 18.2 Å². The van der Waals surface area contributed by atoms with Crippen molar-refractivity contribution >= 4 is 35.1 Å². The van der Waals surface area contributed by atoms with E-state index in [0.29, 0.717) is 15.6 Å². The van der Waals surface area contributed by atoms with Gasteiger partial charge in [-0.2, -0.15) is 0 Å². The largest absolute Gasteiger partial charge is 0.488 e. The van der Waals surface area contributed by atoms with E-state index in [0.717, 1.165) is 0 Å². The molecular formula is C23H11Cl2F5O3. The Morgan fingerprint density at radius 1 is 0.909 bits per heavy atom. The first-order valence-corrected chi connectivity index (χ1v) is 10.0. The Labute approximate surface area is 193 Å². The van der Waals surface area contributed by atoms with Gasteiger partial charge in [-0.15, -0.1) is 0 Å². The number of allylic oxidation sites excluding steroid dienone is 1. The second-order valence-electron chi connectivity index (χ2n) is 6.98. The molecule has 0 radical (unpaired) electrons. The van der Waals surface area contributed by atoms with Gasteiger partial charge in [0, 0.05) is 21.2 Å². The van der Waals surface area contributed by atoms with Gasteiger partial charge in [-0.25, -0.2) is 22.0 Å². The number of hydrogen-bond donors (Lipinski definition) is 0. The lowest BCUT2D eigenvalue weighted by atomic mass is 10.1. The zero-order valence-corrected chi connectivity index (χ0v) is 18.1. The topological polar surface area (TPSA) is 35.5 Å². The average molecular weight is 501 g/mol. The molecule has 170 valence electrons. The van der Waals surface area contributed by atoms with Crippen molar-refractivity contribution in [2.75, 3.05) is 0 Å². The van der Waals surface area contributed by atoms with Crippen molar-refractivity contribution in [3.63, 3.8) is 0 Å². The van der Waals surface area contributed by atoms with Crippen LogP contribution in [-0.4, -0.2) is 5.78 Å². The second-order valence-corrected chi connectivity index (χ2v) is 7.79. The molecule has 0 N–H and O–H groups in total. The summed E-state index contributed by atoms with van der Waals surface area (Å²) in [4.78, 5) is 12.7. The lowest BCUT2D eigenvalue weighted by Gasteiger charge is -2.13. The molecule has 4 rings (SSSR count). The standard InChI is InChI=1S/C23H11Cl2F5O3/c1-9-15(32-8-12-17(26)19(28)21(30)20(29)18(12)27)6-5-10-22(31)16(33-23(9)10)7-11-13(24)3-2-4-14(11)25/h2-7H,8H2,1H3/b16-7-. The van der Waals surface area contributed by atoms with Crippen molar-refractivity contribution in [2.45, 2.75) is 13.5 Å². The summed E-state index contributed by atoms with van der Waals surface area (Å²) in [6, 6.07) is 7.49. The normalized spacial score (nSPS) is 13.9. The van der Waals surface area contributed by atoms with E-state index in [1.807, 2.05) is 0 Å². The van der Waals surface area contributed by atoms with Crippen LogP contribution in [0.2, 0.25) is 10.0 Å². The van der Waals surface area contributed by atoms with Crippen LogP contribution in [0.1, 0.15) is 27.0 Å². The lowest BCUT2D eigenvalue weighted by Crippen LogP contribution is -2.10. The first-order chi connectivity index (χ1) is 15.6. The number of carbonyl (C=O) groups is 1. The number of ketones is 1. The van der Waals surface area contributed by atoms with Crippen LogP contribution in [0, 0.1) is 36.0 Å². The maximum Gasteiger partial charge on any atom is 0.231 e. The average Bonchev–Trinajstić information content (AvgIpc) is 3.11. The SMILES string of the molecule is Cc1c(OCc2c(F)c(F)c(F)c(F)c2F)ccc2c1O/C(=C\c1c(Cl)cccc1Cl)C2=O. The molecule has 0 amide bonds. The Kier molecular flexibility index (Phi) is 6.07. The number of benzene rings is 3. The molecule has 0 saturated carbocycles. The molecule has 3 aromatic rings. The number of carbonyl (C=O) groups excluding carboxylic acids is 1. The molecule has 0 atom stereocenters. The number of rotatable bonds is 4. The fourth-order valence-electron chi connectivity index (χ4n) is 3.23. The maximum absolute atomic E-state index is 13.9. The van der Waals surface area contributed by atoms with Crippen molar-refractivity contribution in [3.05, 3.63) is 97.5 Å². The van der Waals surface area contributed by atoms with Crippen LogP contribution < -0.4 is 9.47 Å². The molecular weight excluding hydrogens is 490 g/mol. The molecule has 0 aromatic heterocycles. The quantitative estimate of drug-likeness (QED) is 0.164. The Hall–Kier alpha value is -3.10. The molecule has 0 fully saturated rings. The van der Waals surface area contributed by atoms with Gasteiger partial charge in [-0.1, -0.05) is 29.3 Å². The molecule has 0 unspecified atom stereocenters. The highest BCUT2D eigenvalue weighted by Gasteiger charge is 2.31. The first-order valence-electron chi connectivity index (χ1n) is 9.26. The van der Waals surface area contributed by atoms with Crippen LogP contribution in [-0.2, 0) is 6.61 Å². The zero-order chi connectivity index (χ0) is 24.0. The highest BCUT2D eigenvalue weighted by Crippen LogP contribution is 2.40. The van der Waals surface area contributed by atoms with Crippen molar-refractivity contribution in [1.82, 2.24) is 0 Å². The van der Waals surface area contributed by atoms with E-state index in [-0.39, 0.29) is 28.4 Å². The van der Waals surface area contributed by atoms with Gasteiger partial charge in [0.2, 0.25) is 11.6 Å². The summed E-state index contributed by atoms with van der Waals surface area (Å²) in [6.07, 6.45) is 1.38. The molecule has 0 aliphatic carbocycles. The van der Waals surface area contributed by atoms with Crippen LogP contribution in [0.3, 0.4) is 0 Å². The van der Waals surface area contributed by atoms with Gasteiger partial charge in [0.15, 0.2) is 29.0 Å². The molecule has 3 aromatic carbocycles. The first kappa shape index (κ1) is 23.1. The molecule has 0 bridgehead atoms. The Balaban J connectivity index is 1.64. The highest BCUT2D eigenvalue weighted by atomic mass is 35.5. The van der Waals surface area contributed by atoms with Gasteiger partial charge in [-0.05, 0) is 37.3 Å². The summed E-state index contributed by atoms with van der Waals surface area (Å²) < 4.78 is 78.8. The molecule has 1 heterocycles. The van der Waals surface area contributed by atoms with Gasteiger partial charge in [0.05, 0.1) is 11.1 Å². The summed E-state index contributed by atoms with van der Waals surface area (Å²) in [6.45, 7) is 0.558. The van der Waals surface area contributed by atoms with E-state index in [4.69, 9.17) is 32.7 Å². The molecule has 0 spiro atoms.